The Hall–Kier alpha value is -1.48. The molecule has 17 heavy (non-hydrogen) atoms. The van der Waals surface area contributed by atoms with Crippen molar-refractivity contribution in [2.45, 2.75) is 26.8 Å². The van der Waals surface area contributed by atoms with Crippen molar-refractivity contribution in [3.8, 4) is 5.75 Å². The summed E-state index contributed by atoms with van der Waals surface area (Å²) in [4.78, 5) is 0. The fraction of sp³-hybridized carbons (Fsp3) is 0.429. The van der Waals surface area contributed by atoms with E-state index >= 15 is 0 Å². The highest BCUT2D eigenvalue weighted by atomic mass is 16.5. The third-order valence-electron chi connectivity index (χ3n) is 2.75. The van der Waals surface area contributed by atoms with Crippen molar-refractivity contribution in [3.05, 3.63) is 30.0 Å². The molecule has 2 rings (SSSR count). The molecular weight excluding hydrogens is 214 g/mol. The zero-order valence-corrected chi connectivity index (χ0v) is 10.4. The Bertz CT molecular complexity index is 488. The second-order valence-corrected chi connectivity index (χ2v) is 4.59. The van der Waals surface area contributed by atoms with Gasteiger partial charge in [-0.3, -0.25) is 0 Å². The number of hydrogen-bond donors (Lipinski definition) is 1. The number of fused-ring (bicyclic) bond motifs is 1. The number of furan rings is 1. The molecule has 0 saturated carbocycles. The average Bonchev–Trinajstić information content (AvgIpc) is 2.67. The van der Waals surface area contributed by atoms with Gasteiger partial charge in [-0.25, -0.2) is 0 Å². The number of para-hydroxylation sites is 1. The van der Waals surface area contributed by atoms with Crippen LogP contribution in [0, 0.1) is 5.92 Å². The number of rotatable bonds is 5. The zero-order chi connectivity index (χ0) is 12.3. The molecule has 0 unspecified atom stereocenters. The van der Waals surface area contributed by atoms with Crippen LogP contribution in [0.25, 0.3) is 11.0 Å². The SMILES string of the molecule is CC(C)CCOc1c(CN)oc2ccccc12. The normalized spacial score (nSPS) is 11.3. The molecule has 1 aromatic carbocycles. The zero-order valence-electron chi connectivity index (χ0n) is 10.4. The molecule has 0 radical (unpaired) electrons. The van der Waals surface area contributed by atoms with Crippen LogP contribution in [0.2, 0.25) is 0 Å². The smallest absolute Gasteiger partial charge is 0.169 e. The molecule has 0 fully saturated rings. The molecule has 0 aliphatic heterocycles. The highest BCUT2D eigenvalue weighted by Gasteiger charge is 2.13. The van der Waals surface area contributed by atoms with Crippen molar-refractivity contribution >= 4 is 11.0 Å². The topological polar surface area (TPSA) is 48.4 Å². The standard InChI is InChI=1S/C14H19NO2/c1-10(2)7-8-16-14-11-5-3-4-6-12(11)17-13(14)9-15/h3-6,10H,7-9,15H2,1-2H3. The second kappa shape index (κ2) is 5.23. The molecule has 92 valence electrons. The van der Waals surface area contributed by atoms with E-state index in [1.54, 1.807) is 0 Å². The fourth-order valence-electron chi connectivity index (χ4n) is 1.76. The molecule has 0 aliphatic carbocycles. The predicted molar refractivity (Wildman–Crippen MR) is 69.1 cm³/mol. The number of ether oxygens (including phenoxy) is 1. The summed E-state index contributed by atoms with van der Waals surface area (Å²) in [5.41, 5.74) is 6.51. The van der Waals surface area contributed by atoms with E-state index < -0.39 is 0 Å². The van der Waals surface area contributed by atoms with E-state index in [1.807, 2.05) is 24.3 Å². The summed E-state index contributed by atoms with van der Waals surface area (Å²) >= 11 is 0. The van der Waals surface area contributed by atoms with E-state index in [0.29, 0.717) is 19.1 Å². The Morgan fingerprint density at radius 1 is 1.29 bits per heavy atom. The molecule has 1 heterocycles. The molecule has 0 bridgehead atoms. The summed E-state index contributed by atoms with van der Waals surface area (Å²) in [6, 6.07) is 7.87. The summed E-state index contributed by atoms with van der Waals surface area (Å²) < 4.78 is 11.5. The van der Waals surface area contributed by atoms with Crippen molar-refractivity contribution in [1.82, 2.24) is 0 Å². The van der Waals surface area contributed by atoms with E-state index in [2.05, 4.69) is 13.8 Å². The van der Waals surface area contributed by atoms with Gasteiger partial charge in [0.15, 0.2) is 11.5 Å². The van der Waals surface area contributed by atoms with Gasteiger partial charge >= 0.3 is 0 Å². The van der Waals surface area contributed by atoms with Gasteiger partial charge in [-0.05, 0) is 24.5 Å². The molecule has 0 amide bonds. The first-order valence-corrected chi connectivity index (χ1v) is 6.05. The maximum Gasteiger partial charge on any atom is 0.169 e. The van der Waals surface area contributed by atoms with Gasteiger partial charge in [0.25, 0.3) is 0 Å². The van der Waals surface area contributed by atoms with Crippen LogP contribution in [0.5, 0.6) is 5.75 Å². The molecule has 0 saturated heterocycles. The monoisotopic (exact) mass is 233 g/mol. The van der Waals surface area contributed by atoms with Crippen LogP contribution >= 0.6 is 0 Å². The van der Waals surface area contributed by atoms with Gasteiger partial charge in [0, 0.05) is 0 Å². The molecule has 0 atom stereocenters. The number of benzene rings is 1. The maximum atomic E-state index is 5.82. The van der Waals surface area contributed by atoms with Crippen molar-refractivity contribution in [2.24, 2.45) is 11.7 Å². The molecule has 3 heteroatoms. The number of nitrogens with two attached hydrogens (primary N) is 1. The van der Waals surface area contributed by atoms with Crippen LogP contribution in [-0.2, 0) is 6.54 Å². The molecule has 0 spiro atoms. The molecule has 2 aromatic rings. The van der Waals surface area contributed by atoms with Crippen molar-refractivity contribution in [2.75, 3.05) is 6.61 Å². The third-order valence-corrected chi connectivity index (χ3v) is 2.75. The Labute approximate surface area is 102 Å². The molecular formula is C14H19NO2. The quantitative estimate of drug-likeness (QED) is 0.861. The third kappa shape index (κ3) is 2.61. The van der Waals surface area contributed by atoms with Crippen LogP contribution in [0.1, 0.15) is 26.0 Å². The Morgan fingerprint density at radius 3 is 2.76 bits per heavy atom. The van der Waals surface area contributed by atoms with E-state index in [1.165, 1.54) is 0 Å². The van der Waals surface area contributed by atoms with Gasteiger partial charge in [-0.15, -0.1) is 0 Å². The van der Waals surface area contributed by atoms with Crippen molar-refractivity contribution < 1.29 is 9.15 Å². The van der Waals surface area contributed by atoms with Gasteiger partial charge in [0.05, 0.1) is 18.5 Å². The molecule has 3 nitrogen and oxygen atoms in total. The van der Waals surface area contributed by atoms with Crippen LogP contribution in [0.3, 0.4) is 0 Å². The average molecular weight is 233 g/mol. The summed E-state index contributed by atoms with van der Waals surface area (Å²) in [6.07, 6.45) is 1.03. The summed E-state index contributed by atoms with van der Waals surface area (Å²) in [6.45, 7) is 5.43. The first-order chi connectivity index (χ1) is 8.22. The lowest BCUT2D eigenvalue weighted by Gasteiger charge is -2.07. The lowest BCUT2D eigenvalue weighted by Crippen LogP contribution is -2.04. The minimum Gasteiger partial charge on any atom is -0.489 e. The second-order valence-electron chi connectivity index (χ2n) is 4.59. The first kappa shape index (κ1) is 12.0. The van der Waals surface area contributed by atoms with Crippen molar-refractivity contribution in [1.29, 1.82) is 0 Å². The van der Waals surface area contributed by atoms with E-state index in [-0.39, 0.29) is 0 Å². The molecule has 1 aromatic heterocycles. The lowest BCUT2D eigenvalue weighted by atomic mass is 10.1. The molecule has 0 aliphatic rings. The lowest BCUT2D eigenvalue weighted by molar-refractivity contribution is 0.284. The van der Waals surface area contributed by atoms with Gasteiger partial charge in [-0.2, -0.15) is 0 Å². The minimum absolute atomic E-state index is 0.367. The van der Waals surface area contributed by atoms with E-state index in [0.717, 1.165) is 28.9 Å². The van der Waals surface area contributed by atoms with Gasteiger partial charge < -0.3 is 14.9 Å². The Balaban J connectivity index is 2.24. The summed E-state index contributed by atoms with van der Waals surface area (Å²) in [5, 5.41) is 1.01. The summed E-state index contributed by atoms with van der Waals surface area (Å²) in [7, 11) is 0. The Kier molecular flexibility index (Phi) is 3.69. The van der Waals surface area contributed by atoms with Gasteiger partial charge in [0.2, 0.25) is 0 Å². The van der Waals surface area contributed by atoms with E-state index in [4.69, 9.17) is 14.9 Å². The maximum absolute atomic E-state index is 5.82. The number of hydrogen-bond acceptors (Lipinski definition) is 3. The van der Waals surface area contributed by atoms with Gasteiger partial charge in [-0.1, -0.05) is 26.0 Å². The van der Waals surface area contributed by atoms with E-state index in [9.17, 15) is 0 Å². The minimum atomic E-state index is 0.367. The highest BCUT2D eigenvalue weighted by Crippen LogP contribution is 2.32. The first-order valence-electron chi connectivity index (χ1n) is 6.05. The predicted octanol–water partition coefficient (Wildman–Crippen LogP) is 3.32. The highest BCUT2D eigenvalue weighted by molar-refractivity contribution is 5.85. The largest absolute Gasteiger partial charge is 0.489 e. The van der Waals surface area contributed by atoms with Crippen molar-refractivity contribution in [3.63, 3.8) is 0 Å². The van der Waals surface area contributed by atoms with Crippen LogP contribution in [-0.4, -0.2) is 6.61 Å². The van der Waals surface area contributed by atoms with Crippen LogP contribution in [0.15, 0.2) is 28.7 Å². The Morgan fingerprint density at radius 2 is 2.06 bits per heavy atom. The molecule has 2 N–H and O–H groups in total. The van der Waals surface area contributed by atoms with Crippen LogP contribution in [0.4, 0.5) is 0 Å². The summed E-state index contributed by atoms with van der Waals surface area (Å²) in [5.74, 6) is 2.17. The fourth-order valence-corrected chi connectivity index (χ4v) is 1.76. The van der Waals surface area contributed by atoms with Crippen LogP contribution < -0.4 is 10.5 Å². The van der Waals surface area contributed by atoms with Gasteiger partial charge in [0.1, 0.15) is 5.58 Å².